The highest BCUT2D eigenvalue weighted by Gasteiger charge is 1.99. The second-order valence-electron chi connectivity index (χ2n) is 4.56. The van der Waals surface area contributed by atoms with Crippen molar-refractivity contribution in [2.75, 3.05) is 19.6 Å². The number of unbranched alkanes of at least 4 members (excludes halogenated alkanes) is 6. The third-order valence-corrected chi connectivity index (χ3v) is 3.06. The van der Waals surface area contributed by atoms with Gasteiger partial charge in [-0.2, -0.15) is 0 Å². The van der Waals surface area contributed by atoms with E-state index in [2.05, 4.69) is 25.7 Å². The van der Waals surface area contributed by atoms with Gasteiger partial charge < -0.3 is 4.90 Å². The van der Waals surface area contributed by atoms with Gasteiger partial charge >= 0.3 is 0 Å². The Kier molecular flexibility index (Phi) is 12.0. The highest BCUT2D eigenvalue weighted by Crippen LogP contribution is 2.07. The molecule has 0 bridgehead atoms. The second-order valence-corrected chi connectivity index (χ2v) is 4.56. The summed E-state index contributed by atoms with van der Waals surface area (Å²) in [5.74, 6) is 0. The summed E-state index contributed by atoms with van der Waals surface area (Å²) in [5, 5.41) is 0. The van der Waals surface area contributed by atoms with Gasteiger partial charge in [0, 0.05) is 0 Å². The molecule has 0 aromatic rings. The zero-order valence-electron chi connectivity index (χ0n) is 11.2. The molecule has 0 heterocycles. The van der Waals surface area contributed by atoms with E-state index in [0.717, 1.165) is 0 Å². The maximum Gasteiger partial charge on any atom is -0.00189 e. The molecule has 0 unspecified atom stereocenters. The van der Waals surface area contributed by atoms with Crippen LogP contribution in [0.15, 0.2) is 0 Å². The Morgan fingerprint density at radius 3 is 1.73 bits per heavy atom. The standard InChI is InChI=1S/C14H31N/c1-4-7-8-9-10-11-12-14-15(6-3)13-5-2/h4-14H2,1-3H3. The molecule has 0 saturated carbocycles. The Bertz CT molecular complexity index is 112. The summed E-state index contributed by atoms with van der Waals surface area (Å²) < 4.78 is 0. The molecule has 0 aliphatic carbocycles. The van der Waals surface area contributed by atoms with Crippen LogP contribution in [0.25, 0.3) is 0 Å². The third kappa shape index (κ3) is 10.2. The predicted octanol–water partition coefficient (Wildman–Crippen LogP) is 4.47. The van der Waals surface area contributed by atoms with Crippen LogP contribution in [0.3, 0.4) is 0 Å². The van der Waals surface area contributed by atoms with Gasteiger partial charge in [0.25, 0.3) is 0 Å². The first-order valence-corrected chi connectivity index (χ1v) is 7.07. The van der Waals surface area contributed by atoms with Crippen molar-refractivity contribution in [2.45, 2.75) is 72.1 Å². The molecule has 15 heavy (non-hydrogen) atoms. The van der Waals surface area contributed by atoms with Crippen LogP contribution in [-0.2, 0) is 0 Å². The number of hydrogen-bond donors (Lipinski definition) is 0. The van der Waals surface area contributed by atoms with Crippen molar-refractivity contribution in [3.63, 3.8) is 0 Å². The van der Waals surface area contributed by atoms with Gasteiger partial charge in [-0.3, -0.25) is 0 Å². The topological polar surface area (TPSA) is 3.24 Å². The zero-order valence-corrected chi connectivity index (χ0v) is 11.2. The summed E-state index contributed by atoms with van der Waals surface area (Å²) in [4.78, 5) is 2.58. The Morgan fingerprint density at radius 1 is 0.600 bits per heavy atom. The molecule has 0 spiro atoms. The first-order valence-electron chi connectivity index (χ1n) is 7.07. The predicted molar refractivity (Wildman–Crippen MR) is 70.4 cm³/mol. The maximum absolute atomic E-state index is 2.58. The smallest absolute Gasteiger partial charge is 0.00189 e. The van der Waals surface area contributed by atoms with Gasteiger partial charge in [-0.15, -0.1) is 0 Å². The first kappa shape index (κ1) is 15.0. The van der Waals surface area contributed by atoms with Crippen LogP contribution in [0.2, 0.25) is 0 Å². The minimum absolute atomic E-state index is 1.23. The van der Waals surface area contributed by atoms with Crippen LogP contribution in [-0.4, -0.2) is 24.5 Å². The number of nitrogens with zero attached hydrogens (tertiary/aromatic N) is 1. The Morgan fingerprint density at radius 2 is 1.20 bits per heavy atom. The zero-order chi connectivity index (χ0) is 11.4. The highest BCUT2D eigenvalue weighted by molar-refractivity contribution is 4.54. The van der Waals surface area contributed by atoms with Gasteiger partial charge in [0.15, 0.2) is 0 Å². The van der Waals surface area contributed by atoms with Crippen molar-refractivity contribution in [3.8, 4) is 0 Å². The quantitative estimate of drug-likeness (QED) is 0.458. The van der Waals surface area contributed by atoms with Crippen LogP contribution in [0.5, 0.6) is 0 Å². The fourth-order valence-corrected chi connectivity index (χ4v) is 2.04. The molecule has 0 radical (unpaired) electrons. The summed E-state index contributed by atoms with van der Waals surface area (Å²) in [6.07, 6.45) is 11.3. The lowest BCUT2D eigenvalue weighted by molar-refractivity contribution is 0.281. The van der Waals surface area contributed by atoms with Crippen molar-refractivity contribution in [1.82, 2.24) is 4.90 Å². The van der Waals surface area contributed by atoms with Gasteiger partial charge in [-0.1, -0.05) is 59.3 Å². The molecule has 0 aliphatic rings. The summed E-state index contributed by atoms with van der Waals surface area (Å²) in [6, 6.07) is 0. The van der Waals surface area contributed by atoms with E-state index in [9.17, 15) is 0 Å². The average molecular weight is 213 g/mol. The van der Waals surface area contributed by atoms with Crippen LogP contribution in [0.1, 0.15) is 72.1 Å². The monoisotopic (exact) mass is 213 g/mol. The maximum atomic E-state index is 2.58. The molecule has 0 aromatic carbocycles. The molecule has 0 rings (SSSR count). The number of rotatable bonds is 11. The van der Waals surface area contributed by atoms with Crippen LogP contribution >= 0.6 is 0 Å². The fourth-order valence-electron chi connectivity index (χ4n) is 2.04. The normalized spacial score (nSPS) is 11.2. The minimum atomic E-state index is 1.23. The van der Waals surface area contributed by atoms with E-state index in [0.29, 0.717) is 0 Å². The van der Waals surface area contributed by atoms with Gasteiger partial charge in [-0.25, -0.2) is 0 Å². The van der Waals surface area contributed by atoms with Gasteiger partial charge in [0.2, 0.25) is 0 Å². The summed E-state index contributed by atoms with van der Waals surface area (Å²) in [5.41, 5.74) is 0. The molecular weight excluding hydrogens is 182 g/mol. The molecule has 1 heteroatoms. The minimum Gasteiger partial charge on any atom is -0.304 e. The van der Waals surface area contributed by atoms with Gasteiger partial charge in [0.05, 0.1) is 0 Å². The summed E-state index contributed by atoms with van der Waals surface area (Å²) in [6.45, 7) is 10.7. The van der Waals surface area contributed by atoms with Crippen molar-refractivity contribution >= 4 is 0 Å². The van der Waals surface area contributed by atoms with E-state index in [1.54, 1.807) is 0 Å². The van der Waals surface area contributed by atoms with Crippen molar-refractivity contribution in [1.29, 1.82) is 0 Å². The van der Waals surface area contributed by atoms with E-state index < -0.39 is 0 Å². The lowest BCUT2D eigenvalue weighted by Gasteiger charge is -2.19. The SMILES string of the molecule is CCCCCCCCCN(CC)CCC. The summed E-state index contributed by atoms with van der Waals surface area (Å²) in [7, 11) is 0. The largest absolute Gasteiger partial charge is 0.304 e. The fraction of sp³-hybridized carbons (Fsp3) is 1.00. The third-order valence-electron chi connectivity index (χ3n) is 3.06. The Balaban J connectivity index is 3.14. The molecule has 0 aromatic heterocycles. The van der Waals surface area contributed by atoms with Crippen molar-refractivity contribution < 1.29 is 0 Å². The second kappa shape index (κ2) is 12.0. The van der Waals surface area contributed by atoms with Crippen LogP contribution < -0.4 is 0 Å². The molecular formula is C14H31N. The lowest BCUT2D eigenvalue weighted by atomic mass is 10.1. The molecule has 0 atom stereocenters. The van der Waals surface area contributed by atoms with Gasteiger partial charge in [-0.05, 0) is 32.5 Å². The molecule has 0 N–H and O–H groups in total. The Hall–Kier alpha value is -0.0400. The molecule has 92 valence electrons. The molecule has 0 aliphatic heterocycles. The van der Waals surface area contributed by atoms with Gasteiger partial charge in [0.1, 0.15) is 0 Å². The van der Waals surface area contributed by atoms with Crippen molar-refractivity contribution in [2.24, 2.45) is 0 Å². The first-order chi connectivity index (χ1) is 7.35. The number of hydrogen-bond acceptors (Lipinski definition) is 1. The van der Waals surface area contributed by atoms with E-state index in [4.69, 9.17) is 0 Å². The van der Waals surface area contributed by atoms with E-state index >= 15 is 0 Å². The molecule has 0 saturated heterocycles. The van der Waals surface area contributed by atoms with Crippen molar-refractivity contribution in [3.05, 3.63) is 0 Å². The van der Waals surface area contributed by atoms with Crippen LogP contribution in [0, 0.1) is 0 Å². The molecule has 1 nitrogen and oxygen atoms in total. The molecule has 0 amide bonds. The van der Waals surface area contributed by atoms with E-state index in [-0.39, 0.29) is 0 Å². The Labute approximate surface area is 97.2 Å². The van der Waals surface area contributed by atoms with E-state index in [1.165, 1.54) is 71.0 Å². The van der Waals surface area contributed by atoms with E-state index in [1.807, 2.05) is 0 Å². The highest BCUT2D eigenvalue weighted by atomic mass is 15.1. The molecule has 0 fully saturated rings. The van der Waals surface area contributed by atoms with Crippen LogP contribution in [0.4, 0.5) is 0 Å². The summed E-state index contributed by atoms with van der Waals surface area (Å²) >= 11 is 0. The average Bonchev–Trinajstić information content (AvgIpc) is 2.26. The lowest BCUT2D eigenvalue weighted by Crippen LogP contribution is -2.25.